The molecule has 1 aromatic heterocycles. The predicted molar refractivity (Wildman–Crippen MR) is 65.3 cm³/mol. The van der Waals surface area contributed by atoms with Crippen LogP contribution in [0.25, 0.3) is 11.3 Å². The smallest absolute Gasteiger partial charge is 0.0891 e. The number of aliphatic hydroxyl groups is 1. The van der Waals surface area contributed by atoms with E-state index in [4.69, 9.17) is 11.6 Å². The van der Waals surface area contributed by atoms with Crippen LogP contribution in [0.3, 0.4) is 0 Å². The molecular formula is C13H12ClNO. The molecule has 0 aliphatic rings. The molecule has 1 heterocycles. The molecule has 0 aliphatic carbocycles. The van der Waals surface area contributed by atoms with Gasteiger partial charge in [-0.1, -0.05) is 35.9 Å². The molecule has 3 heteroatoms. The normalized spacial score (nSPS) is 10.4. The summed E-state index contributed by atoms with van der Waals surface area (Å²) in [5, 5.41) is 9.87. The highest BCUT2D eigenvalue weighted by Gasteiger charge is 2.08. The van der Waals surface area contributed by atoms with Crippen LogP contribution in [-0.4, -0.2) is 10.1 Å². The molecule has 0 atom stereocenters. The molecule has 1 aromatic carbocycles. The maximum absolute atomic E-state index is 9.25. The highest BCUT2D eigenvalue weighted by atomic mass is 35.5. The van der Waals surface area contributed by atoms with Crippen LogP contribution in [-0.2, 0) is 6.61 Å². The lowest BCUT2D eigenvalue weighted by atomic mass is 10.0. The Morgan fingerprint density at radius 3 is 2.75 bits per heavy atom. The van der Waals surface area contributed by atoms with Gasteiger partial charge in [-0.2, -0.15) is 0 Å². The SMILES string of the molecule is Cc1cnc(-c2ccccc2CO)c(Cl)c1. The minimum atomic E-state index is -0.0118. The number of aliphatic hydroxyl groups excluding tert-OH is 1. The van der Waals surface area contributed by atoms with Gasteiger partial charge in [0.15, 0.2) is 0 Å². The van der Waals surface area contributed by atoms with E-state index >= 15 is 0 Å². The van der Waals surface area contributed by atoms with E-state index in [9.17, 15) is 5.11 Å². The van der Waals surface area contributed by atoms with Crippen molar-refractivity contribution in [3.8, 4) is 11.3 Å². The molecule has 2 aromatic rings. The van der Waals surface area contributed by atoms with E-state index in [2.05, 4.69) is 4.98 Å². The number of rotatable bonds is 2. The van der Waals surface area contributed by atoms with Crippen molar-refractivity contribution in [1.29, 1.82) is 0 Å². The number of hydrogen-bond acceptors (Lipinski definition) is 2. The standard InChI is InChI=1S/C13H12ClNO/c1-9-6-12(14)13(15-7-9)11-5-3-2-4-10(11)8-16/h2-7,16H,8H2,1H3. The van der Waals surface area contributed by atoms with Gasteiger partial charge in [-0.25, -0.2) is 0 Å². The van der Waals surface area contributed by atoms with Crippen molar-refractivity contribution in [3.63, 3.8) is 0 Å². The number of hydrogen-bond donors (Lipinski definition) is 1. The van der Waals surface area contributed by atoms with Gasteiger partial charge in [-0.15, -0.1) is 0 Å². The van der Waals surface area contributed by atoms with Crippen LogP contribution in [0.5, 0.6) is 0 Å². The first-order valence-corrected chi connectivity index (χ1v) is 5.41. The molecule has 2 rings (SSSR count). The second kappa shape index (κ2) is 4.64. The molecule has 16 heavy (non-hydrogen) atoms. The Bertz CT molecular complexity index is 511. The van der Waals surface area contributed by atoms with Crippen molar-refractivity contribution in [2.24, 2.45) is 0 Å². The maximum atomic E-state index is 9.25. The zero-order valence-electron chi connectivity index (χ0n) is 8.94. The summed E-state index contributed by atoms with van der Waals surface area (Å²) >= 11 is 6.15. The summed E-state index contributed by atoms with van der Waals surface area (Å²) in [6.45, 7) is 1.93. The summed E-state index contributed by atoms with van der Waals surface area (Å²) in [6.07, 6.45) is 1.77. The molecule has 0 saturated carbocycles. The van der Waals surface area contributed by atoms with Crippen molar-refractivity contribution in [2.75, 3.05) is 0 Å². The van der Waals surface area contributed by atoms with E-state index < -0.39 is 0 Å². The second-order valence-corrected chi connectivity index (χ2v) is 4.07. The van der Waals surface area contributed by atoms with Gasteiger partial charge in [0.25, 0.3) is 0 Å². The van der Waals surface area contributed by atoms with Crippen molar-refractivity contribution >= 4 is 11.6 Å². The molecule has 0 saturated heterocycles. The van der Waals surface area contributed by atoms with Crippen molar-refractivity contribution in [3.05, 3.63) is 52.7 Å². The van der Waals surface area contributed by atoms with Gasteiger partial charge in [-0.3, -0.25) is 4.98 Å². The molecule has 0 bridgehead atoms. The average molecular weight is 234 g/mol. The monoisotopic (exact) mass is 233 g/mol. The Morgan fingerprint density at radius 2 is 2.06 bits per heavy atom. The lowest BCUT2D eigenvalue weighted by Gasteiger charge is -2.08. The zero-order chi connectivity index (χ0) is 11.5. The fraction of sp³-hybridized carbons (Fsp3) is 0.154. The first kappa shape index (κ1) is 11.1. The Kier molecular flexibility index (Phi) is 3.22. The molecule has 2 nitrogen and oxygen atoms in total. The van der Waals surface area contributed by atoms with Crippen LogP contribution < -0.4 is 0 Å². The van der Waals surface area contributed by atoms with Gasteiger partial charge >= 0.3 is 0 Å². The molecule has 1 N–H and O–H groups in total. The minimum absolute atomic E-state index is 0.0118. The van der Waals surface area contributed by atoms with Crippen LogP contribution in [0.15, 0.2) is 36.5 Å². The quantitative estimate of drug-likeness (QED) is 0.864. The summed E-state index contributed by atoms with van der Waals surface area (Å²) in [4.78, 5) is 4.31. The third-order valence-electron chi connectivity index (χ3n) is 2.42. The first-order valence-electron chi connectivity index (χ1n) is 5.03. The average Bonchev–Trinajstić information content (AvgIpc) is 2.29. The van der Waals surface area contributed by atoms with Gasteiger partial charge in [0.2, 0.25) is 0 Å². The fourth-order valence-electron chi connectivity index (χ4n) is 1.62. The van der Waals surface area contributed by atoms with Gasteiger partial charge < -0.3 is 5.11 Å². The third-order valence-corrected chi connectivity index (χ3v) is 2.71. The van der Waals surface area contributed by atoms with Crippen LogP contribution in [0, 0.1) is 6.92 Å². The van der Waals surface area contributed by atoms with Crippen LogP contribution in [0.1, 0.15) is 11.1 Å². The molecule has 0 amide bonds. The Morgan fingerprint density at radius 1 is 1.31 bits per heavy atom. The molecule has 0 radical (unpaired) electrons. The third kappa shape index (κ3) is 2.08. The second-order valence-electron chi connectivity index (χ2n) is 3.66. The van der Waals surface area contributed by atoms with Crippen molar-refractivity contribution < 1.29 is 5.11 Å². The molecular weight excluding hydrogens is 222 g/mol. The summed E-state index contributed by atoms with van der Waals surface area (Å²) in [7, 11) is 0. The lowest BCUT2D eigenvalue weighted by molar-refractivity contribution is 0.282. The topological polar surface area (TPSA) is 33.1 Å². The van der Waals surface area contributed by atoms with E-state index in [0.717, 1.165) is 22.4 Å². The van der Waals surface area contributed by atoms with Crippen LogP contribution in [0.2, 0.25) is 5.02 Å². The van der Waals surface area contributed by atoms with Crippen LogP contribution in [0.4, 0.5) is 0 Å². The summed E-state index contributed by atoms with van der Waals surface area (Å²) in [5.74, 6) is 0. The molecule has 0 spiro atoms. The number of aromatic nitrogens is 1. The lowest BCUT2D eigenvalue weighted by Crippen LogP contribution is -1.92. The summed E-state index contributed by atoms with van der Waals surface area (Å²) in [6, 6.07) is 9.45. The fourth-order valence-corrected chi connectivity index (χ4v) is 1.94. The van der Waals surface area contributed by atoms with E-state index in [1.165, 1.54) is 0 Å². The Hall–Kier alpha value is -1.38. The molecule has 0 aliphatic heterocycles. The van der Waals surface area contributed by atoms with Gasteiger partial charge in [0.05, 0.1) is 17.3 Å². The number of aryl methyl sites for hydroxylation is 1. The highest BCUT2D eigenvalue weighted by molar-refractivity contribution is 6.33. The highest BCUT2D eigenvalue weighted by Crippen LogP contribution is 2.28. The van der Waals surface area contributed by atoms with E-state index in [1.807, 2.05) is 37.3 Å². The Labute approximate surface area is 99.5 Å². The summed E-state index contributed by atoms with van der Waals surface area (Å²) < 4.78 is 0. The van der Waals surface area contributed by atoms with Gasteiger partial charge in [-0.05, 0) is 24.1 Å². The zero-order valence-corrected chi connectivity index (χ0v) is 9.70. The maximum Gasteiger partial charge on any atom is 0.0891 e. The summed E-state index contributed by atoms with van der Waals surface area (Å²) in [5.41, 5.74) is 3.46. The molecule has 0 unspecified atom stereocenters. The van der Waals surface area contributed by atoms with Crippen molar-refractivity contribution in [1.82, 2.24) is 4.98 Å². The molecule has 82 valence electrons. The number of nitrogens with zero attached hydrogens (tertiary/aromatic N) is 1. The number of pyridine rings is 1. The predicted octanol–water partition coefficient (Wildman–Crippen LogP) is 3.20. The minimum Gasteiger partial charge on any atom is -0.392 e. The van der Waals surface area contributed by atoms with Gasteiger partial charge in [0.1, 0.15) is 0 Å². The molecule has 0 fully saturated rings. The van der Waals surface area contributed by atoms with E-state index in [0.29, 0.717) is 5.02 Å². The van der Waals surface area contributed by atoms with Crippen molar-refractivity contribution in [2.45, 2.75) is 13.5 Å². The van der Waals surface area contributed by atoms with E-state index in [1.54, 1.807) is 6.20 Å². The van der Waals surface area contributed by atoms with E-state index in [-0.39, 0.29) is 6.61 Å². The Balaban J connectivity index is 2.58. The first-order chi connectivity index (χ1) is 7.72. The number of halogens is 1. The van der Waals surface area contributed by atoms with Gasteiger partial charge in [0, 0.05) is 11.8 Å². The largest absolute Gasteiger partial charge is 0.392 e. The van der Waals surface area contributed by atoms with Crippen LogP contribution >= 0.6 is 11.6 Å². The number of benzene rings is 1.